The van der Waals surface area contributed by atoms with Crippen LogP contribution in [-0.2, 0) is 24.7 Å². The van der Waals surface area contributed by atoms with Crippen molar-refractivity contribution in [3.05, 3.63) is 83.4 Å². The van der Waals surface area contributed by atoms with Crippen molar-refractivity contribution >= 4 is 23.4 Å². The minimum absolute atomic E-state index is 0.0614. The summed E-state index contributed by atoms with van der Waals surface area (Å²) in [6, 6.07) is 9.60. The zero-order chi connectivity index (χ0) is 23.8. The minimum atomic E-state index is -0.803. The standard InChI is InChI=1S/C24H19F3N6O/c1-32-21(5-8-29-32)31-24-28-7-4-20(30-24)16-10-15-6-9-33(23(15)19(27)11-16)22(34)12-14-2-3-17(25)13-18(14)26/h2-5,7-8,10-11,13H,6,9,12H2,1H3,(H,28,30,31). The van der Waals surface area contributed by atoms with Crippen molar-refractivity contribution in [2.45, 2.75) is 12.8 Å². The highest BCUT2D eigenvalue weighted by Gasteiger charge is 2.29. The predicted octanol–water partition coefficient (Wildman–Crippen LogP) is 4.17. The monoisotopic (exact) mass is 464 g/mol. The summed E-state index contributed by atoms with van der Waals surface area (Å²) in [7, 11) is 1.78. The lowest BCUT2D eigenvalue weighted by Crippen LogP contribution is -2.31. The van der Waals surface area contributed by atoms with Crippen molar-refractivity contribution < 1.29 is 18.0 Å². The molecule has 34 heavy (non-hydrogen) atoms. The molecule has 0 radical (unpaired) electrons. The van der Waals surface area contributed by atoms with Crippen LogP contribution in [0.4, 0.5) is 30.6 Å². The third kappa shape index (κ3) is 4.09. The zero-order valence-electron chi connectivity index (χ0n) is 18.1. The second kappa shape index (κ2) is 8.62. The molecule has 1 N–H and O–H groups in total. The molecule has 0 atom stereocenters. The van der Waals surface area contributed by atoms with Crippen LogP contribution >= 0.6 is 0 Å². The van der Waals surface area contributed by atoms with Gasteiger partial charge in [-0.25, -0.2) is 23.1 Å². The van der Waals surface area contributed by atoms with Gasteiger partial charge in [0.1, 0.15) is 23.3 Å². The van der Waals surface area contributed by atoms with Gasteiger partial charge in [-0.2, -0.15) is 5.10 Å². The molecule has 2 aromatic heterocycles. The lowest BCUT2D eigenvalue weighted by atomic mass is 10.0. The summed E-state index contributed by atoms with van der Waals surface area (Å²) in [6.07, 6.45) is 3.36. The molecule has 0 saturated carbocycles. The molecule has 172 valence electrons. The molecule has 2 aromatic carbocycles. The molecule has 0 fully saturated rings. The summed E-state index contributed by atoms with van der Waals surface area (Å²) < 4.78 is 44.0. The number of halogens is 3. The zero-order valence-corrected chi connectivity index (χ0v) is 18.1. The molecular weight excluding hydrogens is 445 g/mol. The number of rotatable bonds is 5. The Morgan fingerprint density at radius 2 is 1.91 bits per heavy atom. The first-order valence-corrected chi connectivity index (χ1v) is 10.5. The fourth-order valence-electron chi connectivity index (χ4n) is 4.00. The first-order valence-electron chi connectivity index (χ1n) is 10.5. The lowest BCUT2D eigenvalue weighted by Gasteiger charge is -2.19. The van der Waals surface area contributed by atoms with Crippen molar-refractivity contribution in [1.82, 2.24) is 19.7 Å². The van der Waals surface area contributed by atoms with Crippen LogP contribution in [0.3, 0.4) is 0 Å². The Balaban J connectivity index is 1.40. The third-order valence-corrected chi connectivity index (χ3v) is 5.69. The number of nitrogens with one attached hydrogen (secondary N) is 1. The van der Waals surface area contributed by atoms with Crippen molar-refractivity contribution in [2.24, 2.45) is 7.05 Å². The Hall–Kier alpha value is -4.21. The molecule has 7 nitrogen and oxygen atoms in total. The number of aromatic nitrogens is 4. The van der Waals surface area contributed by atoms with E-state index >= 15 is 4.39 Å². The van der Waals surface area contributed by atoms with Crippen LogP contribution in [0, 0.1) is 17.5 Å². The molecule has 5 rings (SSSR count). The van der Waals surface area contributed by atoms with Gasteiger partial charge in [-0.15, -0.1) is 0 Å². The van der Waals surface area contributed by atoms with E-state index in [4.69, 9.17) is 0 Å². The van der Waals surface area contributed by atoms with Gasteiger partial charge in [0.2, 0.25) is 11.9 Å². The highest BCUT2D eigenvalue weighted by atomic mass is 19.1. The van der Waals surface area contributed by atoms with Crippen LogP contribution in [0.1, 0.15) is 11.1 Å². The van der Waals surface area contributed by atoms with E-state index in [2.05, 4.69) is 20.4 Å². The molecule has 0 spiro atoms. The van der Waals surface area contributed by atoms with E-state index in [0.29, 0.717) is 35.0 Å². The van der Waals surface area contributed by atoms with Crippen LogP contribution < -0.4 is 10.2 Å². The Labute approximate surface area is 192 Å². The van der Waals surface area contributed by atoms with E-state index < -0.39 is 23.4 Å². The van der Waals surface area contributed by atoms with E-state index in [1.54, 1.807) is 42.3 Å². The van der Waals surface area contributed by atoms with Gasteiger partial charge in [-0.05, 0) is 41.8 Å². The predicted molar refractivity (Wildman–Crippen MR) is 120 cm³/mol. The maximum absolute atomic E-state index is 15.2. The molecule has 1 aliphatic heterocycles. The number of fused-ring (bicyclic) bond motifs is 1. The van der Waals surface area contributed by atoms with E-state index in [0.717, 1.165) is 12.1 Å². The fourth-order valence-corrected chi connectivity index (χ4v) is 4.00. The summed E-state index contributed by atoms with van der Waals surface area (Å²) in [5.74, 6) is -1.52. The Kier molecular flexibility index (Phi) is 5.48. The van der Waals surface area contributed by atoms with Gasteiger partial charge in [0, 0.05) is 37.5 Å². The molecule has 3 heterocycles. The van der Waals surface area contributed by atoms with E-state index in [-0.39, 0.29) is 24.2 Å². The second-order valence-electron chi connectivity index (χ2n) is 7.90. The third-order valence-electron chi connectivity index (χ3n) is 5.69. The quantitative estimate of drug-likeness (QED) is 0.480. The molecule has 1 aliphatic rings. The minimum Gasteiger partial charge on any atom is -0.309 e. The highest BCUT2D eigenvalue weighted by Crippen LogP contribution is 2.35. The highest BCUT2D eigenvalue weighted by molar-refractivity contribution is 5.97. The van der Waals surface area contributed by atoms with Crippen molar-refractivity contribution in [1.29, 1.82) is 0 Å². The largest absolute Gasteiger partial charge is 0.309 e. The Bertz CT molecular complexity index is 1400. The Morgan fingerprint density at radius 3 is 2.68 bits per heavy atom. The molecule has 10 heteroatoms. The first-order chi connectivity index (χ1) is 16.4. The molecule has 1 amide bonds. The summed E-state index contributed by atoms with van der Waals surface area (Å²) >= 11 is 0. The average Bonchev–Trinajstić information content (AvgIpc) is 3.42. The van der Waals surface area contributed by atoms with Gasteiger partial charge >= 0.3 is 0 Å². The molecule has 0 saturated heterocycles. The number of anilines is 3. The number of carbonyl (C=O) groups is 1. The van der Waals surface area contributed by atoms with Crippen LogP contribution in [-0.4, -0.2) is 32.2 Å². The number of aryl methyl sites for hydroxylation is 1. The van der Waals surface area contributed by atoms with Crippen molar-refractivity contribution in [2.75, 3.05) is 16.8 Å². The lowest BCUT2D eigenvalue weighted by molar-refractivity contribution is -0.118. The molecule has 0 unspecified atom stereocenters. The van der Waals surface area contributed by atoms with Gasteiger partial charge < -0.3 is 10.2 Å². The number of benzene rings is 2. The summed E-state index contributed by atoms with van der Waals surface area (Å²) in [4.78, 5) is 22.8. The SMILES string of the molecule is Cn1nccc1Nc1nccc(-c2cc(F)c3c(c2)CCN3C(=O)Cc2ccc(F)cc2F)n1. The maximum atomic E-state index is 15.2. The van der Waals surface area contributed by atoms with Crippen LogP contribution in [0.15, 0.2) is 54.9 Å². The topological polar surface area (TPSA) is 75.9 Å². The summed E-state index contributed by atoms with van der Waals surface area (Å²) in [5, 5.41) is 7.14. The number of hydrogen-bond donors (Lipinski definition) is 1. The second-order valence-corrected chi connectivity index (χ2v) is 7.90. The number of hydrogen-bond acceptors (Lipinski definition) is 5. The molecular formula is C24H19F3N6O. The summed E-state index contributed by atoms with van der Waals surface area (Å²) in [5.41, 5.74) is 1.96. The summed E-state index contributed by atoms with van der Waals surface area (Å²) in [6.45, 7) is 0.272. The van der Waals surface area contributed by atoms with E-state index in [1.165, 1.54) is 17.0 Å². The average molecular weight is 464 g/mol. The molecule has 4 aromatic rings. The van der Waals surface area contributed by atoms with Gasteiger partial charge in [0.05, 0.1) is 24.0 Å². The smallest absolute Gasteiger partial charge is 0.231 e. The number of carbonyl (C=O) groups excluding carboxylic acids is 1. The van der Waals surface area contributed by atoms with Crippen LogP contribution in [0.5, 0.6) is 0 Å². The van der Waals surface area contributed by atoms with Crippen LogP contribution in [0.2, 0.25) is 0 Å². The van der Waals surface area contributed by atoms with Gasteiger partial charge in [0.25, 0.3) is 0 Å². The van der Waals surface area contributed by atoms with Gasteiger partial charge in [-0.1, -0.05) is 6.07 Å². The number of nitrogens with zero attached hydrogens (tertiary/aromatic N) is 5. The van der Waals surface area contributed by atoms with Crippen LogP contribution in [0.25, 0.3) is 11.3 Å². The van der Waals surface area contributed by atoms with E-state index in [9.17, 15) is 13.6 Å². The number of amides is 1. The van der Waals surface area contributed by atoms with Crippen molar-refractivity contribution in [3.63, 3.8) is 0 Å². The normalized spacial score (nSPS) is 12.6. The van der Waals surface area contributed by atoms with Gasteiger partial charge in [-0.3, -0.25) is 9.48 Å². The molecule has 0 aliphatic carbocycles. The van der Waals surface area contributed by atoms with E-state index in [1.807, 2.05) is 0 Å². The molecule has 0 bridgehead atoms. The van der Waals surface area contributed by atoms with Crippen molar-refractivity contribution in [3.8, 4) is 11.3 Å². The van der Waals surface area contributed by atoms with Gasteiger partial charge in [0.15, 0.2) is 0 Å². The first kappa shape index (κ1) is 21.6. The fraction of sp³-hybridized carbons (Fsp3) is 0.167. The maximum Gasteiger partial charge on any atom is 0.231 e. The Morgan fingerprint density at radius 1 is 1.06 bits per heavy atom.